The van der Waals surface area contributed by atoms with Crippen molar-refractivity contribution in [2.75, 3.05) is 5.73 Å². The molecule has 2 heteroatoms. The minimum absolute atomic E-state index is 0.730. The van der Waals surface area contributed by atoms with Crippen molar-refractivity contribution in [3.63, 3.8) is 0 Å². The number of hydrogen-bond donors (Lipinski definition) is 1. The van der Waals surface area contributed by atoms with Gasteiger partial charge in [0, 0.05) is 11.8 Å². The van der Waals surface area contributed by atoms with Gasteiger partial charge in [-0.25, -0.2) is 0 Å². The lowest BCUT2D eigenvalue weighted by Gasteiger charge is -2.14. The van der Waals surface area contributed by atoms with Crippen molar-refractivity contribution in [2.45, 2.75) is 27.7 Å². The van der Waals surface area contributed by atoms with Crippen molar-refractivity contribution in [1.82, 2.24) is 0 Å². The SMILES string of the molecule is Cc1cc(N)cc(Oc2c(C)ccc(C)c2C)c1. The summed E-state index contributed by atoms with van der Waals surface area (Å²) in [4.78, 5) is 0. The summed E-state index contributed by atoms with van der Waals surface area (Å²) in [6, 6.07) is 9.98. The molecule has 2 rings (SSSR count). The third-order valence-electron chi connectivity index (χ3n) is 3.17. The van der Waals surface area contributed by atoms with Crippen LogP contribution in [0, 0.1) is 27.7 Å². The highest BCUT2D eigenvalue weighted by Crippen LogP contribution is 2.31. The molecular weight excluding hydrogens is 222 g/mol. The highest BCUT2D eigenvalue weighted by molar-refractivity contribution is 5.51. The van der Waals surface area contributed by atoms with Gasteiger partial charge in [0.1, 0.15) is 11.5 Å². The van der Waals surface area contributed by atoms with Crippen molar-refractivity contribution >= 4 is 5.69 Å². The molecule has 0 fully saturated rings. The molecule has 0 saturated heterocycles. The zero-order valence-corrected chi connectivity index (χ0v) is 11.4. The van der Waals surface area contributed by atoms with Gasteiger partial charge in [-0.15, -0.1) is 0 Å². The predicted molar refractivity (Wildman–Crippen MR) is 76.3 cm³/mol. The first-order chi connectivity index (χ1) is 8.47. The van der Waals surface area contributed by atoms with Crippen LogP contribution in [0.25, 0.3) is 0 Å². The molecule has 0 radical (unpaired) electrons. The number of aryl methyl sites for hydroxylation is 3. The quantitative estimate of drug-likeness (QED) is 0.796. The Balaban J connectivity index is 2.42. The number of ether oxygens (including phenoxy) is 1. The molecule has 0 amide bonds. The van der Waals surface area contributed by atoms with Crippen LogP contribution in [0.2, 0.25) is 0 Å². The lowest BCUT2D eigenvalue weighted by atomic mass is 10.1. The maximum atomic E-state index is 6.00. The highest BCUT2D eigenvalue weighted by Gasteiger charge is 2.08. The second-order valence-electron chi connectivity index (χ2n) is 4.83. The predicted octanol–water partition coefficient (Wildman–Crippen LogP) is 4.29. The fraction of sp³-hybridized carbons (Fsp3) is 0.250. The maximum Gasteiger partial charge on any atom is 0.133 e. The lowest BCUT2D eigenvalue weighted by Crippen LogP contribution is -1.95. The average Bonchev–Trinajstić information content (AvgIpc) is 2.28. The van der Waals surface area contributed by atoms with E-state index < -0.39 is 0 Å². The smallest absolute Gasteiger partial charge is 0.133 e. The molecule has 0 atom stereocenters. The van der Waals surface area contributed by atoms with Crippen LogP contribution < -0.4 is 10.5 Å². The molecule has 0 saturated carbocycles. The largest absolute Gasteiger partial charge is 0.457 e. The Morgan fingerprint density at radius 2 is 1.56 bits per heavy atom. The van der Waals surface area contributed by atoms with Gasteiger partial charge in [0.25, 0.3) is 0 Å². The van der Waals surface area contributed by atoms with Crippen LogP contribution in [-0.2, 0) is 0 Å². The summed E-state index contributed by atoms with van der Waals surface area (Å²) in [5.74, 6) is 1.73. The monoisotopic (exact) mass is 241 g/mol. The molecule has 2 N–H and O–H groups in total. The summed E-state index contributed by atoms with van der Waals surface area (Å²) < 4.78 is 6.00. The van der Waals surface area contributed by atoms with Crippen molar-refractivity contribution in [3.8, 4) is 11.5 Å². The van der Waals surface area contributed by atoms with Crippen molar-refractivity contribution in [1.29, 1.82) is 0 Å². The minimum Gasteiger partial charge on any atom is -0.457 e. The fourth-order valence-electron chi connectivity index (χ4n) is 2.04. The molecule has 18 heavy (non-hydrogen) atoms. The molecular formula is C16H19NO. The first-order valence-electron chi connectivity index (χ1n) is 6.09. The minimum atomic E-state index is 0.730. The zero-order valence-electron chi connectivity index (χ0n) is 11.4. The molecule has 0 aliphatic rings. The van der Waals surface area contributed by atoms with E-state index in [1.54, 1.807) is 0 Å². The van der Waals surface area contributed by atoms with E-state index in [4.69, 9.17) is 10.5 Å². The summed E-state index contributed by atoms with van der Waals surface area (Å²) >= 11 is 0. The molecule has 2 aromatic rings. The second kappa shape index (κ2) is 4.73. The second-order valence-corrected chi connectivity index (χ2v) is 4.83. The van der Waals surface area contributed by atoms with Crippen molar-refractivity contribution in [2.24, 2.45) is 0 Å². The highest BCUT2D eigenvalue weighted by atomic mass is 16.5. The van der Waals surface area contributed by atoms with Gasteiger partial charge in [0.15, 0.2) is 0 Å². The first kappa shape index (κ1) is 12.5. The van der Waals surface area contributed by atoms with Crippen LogP contribution in [0.15, 0.2) is 30.3 Å². The Morgan fingerprint density at radius 3 is 2.22 bits per heavy atom. The summed E-state index contributed by atoms with van der Waals surface area (Å²) in [6.45, 7) is 8.24. The molecule has 2 aromatic carbocycles. The van der Waals surface area contributed by atoms with E-state index in [1.165, 1.54) is 11.1 Å². The van der Waals surface area contributed by atoms with Gasteiger partial charge >= 0.3 is 0 Å². The van der Waals surface area contributed by atoms with Crippen molar-refractivity contribution < 1.29 is 4.74 Å². The number of anilines is 1. The number of nitrogen functional groups attached to an aromatic ring is 1. The summed E-state index contributed by atoms with van der Waals surface area (Å²) in [5.41, 5.74) is 11.2. The molecule has 94 valence electrons. The molecule has 2 nitrogen and oxygen atoms in total. The van der Waals surface area contributed by atoms with Gasteiger partial charge in [-0.2, -0.15) is 0 Å². The van der Waals surface area contributed by atoms with Gasteiger partial charge in [-0.05, 0) is 62.1 Å². The number of benzene rings is 2. The topological polar surface area (TPSA) is 35.2 Å². The van der Waals surface area contributed by atoms with Gasteiger partial charge < -0.3 is 10.5 Å². The number of rotatable bonds is 2. The standard InChI is InChI=1S/C16H19NO/c1-10-7-14(17)9-15(8-10)18-16-12(3)6-5-11(2)13(16)4/h5-9H,17H2,1-4H3. The van der Waals surface area contributed by atoms with Crippen LogP contribution in [0.3, 0.4) is 0 Å². The molecule has 0 aromatic heterocycles. The molecule has 0 aliphatic carbocycles. The summed E-state index contributed by atoms with van der Waals surface area (Å²) in [6.07, 6.45) is 0. The number of nitrogens with two attached hydrogens (primary N) is 1. The van der Waals surface area contributed by atoms with Crippen molar-refractivity contribution in [3.05, 3.63) is 52.6 Å². The van der Waals surface area contributed by atoms with Crippen LogP contribution in [0.5, 0.6) is 11.5 Å². The summed E-state index contributed by atoms with van der Waals surface area (Å²) in [5, 5.41) is 0. The molecule has 0 heterocycles. The Bertz CT molecular complexity index is 568. The Hall–Kier alpha value is -1.96. The Kier molecular flexibility index (Phi) is 3.28. The average molecular weight is 241 g/mol. The lowest BCUT2D eigenvalue weighted by molar-refractivity contribution is 0.474. The normalized spacial score (nSPS) is 10.4. The van der Waals surface area contributed by atoms with E-state index in [9.17, 15) is 0 Å². The van der Waals surface area contributed by atoms with E-state index in [0.29, 0.717) is 0 Å². The van der Waals surface area contributed by atoms with Crippen LogP contribution in [0.4, 0.5) is 5.69 Å². The van der Waals surface area contributed by atoms with Crippen LogP contribution >= 0.6 is 0 Å². The van der Waals surface area contributed by atoms with Gasteiger partial charge in [0.05, 0.1) is 0 Å². The van der Waals surface area contributed by atoms with Crippen LogP contribution in [0.1, 0.15) is 22.3 Å². The van der Waals surface area contributed by atoms with Crippen LogP contribution in [-0.4, -0.2) is 0 Å². The number of hydrogen-bond acceptors (Lipinski definition) is 2. The molecule has 0 spiro atoms. The van der Waals surface area contributed by atoms with E-state index in [2.05, 4.69) is 32.9 Å². The zero-order chi connectivity index (χ0) is 13.3. The molecule has 0 bridgehead atoms. The van der Waals surface area contributed by atoms with E-state index >= 15 is 0 Å². The maximum absolute atomic E-state index is 6.00. The van der Waals surface area contributed by atoms with Gasteiger partial charge in [0.2, 0.25) is 0 Å². The molecule has 0 unspecified atom stereocenters. The van der Waals surface area contributed by atoms with Gasteiger partial charge in [-0.1, -0.05) is 12.1 Å². The van der Waals surface area contributed by atoms with E-state index in [-0.39, 0.29) is 0 Å². The first-order valence-corrected chi connectivity index (χ1v) is 6.09. The van der Waals surface area contributed by atoms with E-state index in [0.717, 1.165) is 28.3 Å². The molecule has 0 aliphatic heterocycles. The Morgan fingerprint density at radius 1 is 0.889 bits per heavy atom. The fourth-order valence-corrected chi connectivity index (χ4v) is 2.04. The van der Waals surface area contributed by atoms with Gasteiger partial charge in [-0.3, -0.25) is 0 Å². The van der Waals surface area contributed by atoms with E-state index in [1.807, 2.05) is 25.1 Å². The third kappa shape index (κ3) is 2.48. The summed E-state index contributed by atoms with van der Waals surface area (Å²) in [7, 11) is 0. The third-order valence-corrected chi connectivity index (χ3v) is 3.17. The Labute approximate surface area is 108 Å².